The van der Waals surface area contributed by atoms with Gasteiger partial charge in [0.2, 0.25) is 5.91 Å². The maximum absolute atomic E-state index is 13.8. The van der Waals surface area contributed by atoms with Crippen LogP contribution in [0.4, 0.5) is 5.69 Å². The van der Waals surface area contributed by atoms with Gasteiger partial charge >= 0.3 is 0 Å². The molecule has 31 heavy (non-hydrogen) atoms. The molecule has 7 nitrogen and oxygen atoms in total. The van der Waals surface area contributed by atoms with Gasteiger partial charge in [0.1, 0.15) is 11.4 Å². The molecule has 170 valence electrons. The molecule has 1 aliphatic rings. The Morgan fingerprint density at radius 1 is 1.19 bits per heavy atom. The van der Waals surface area contributed by atoms with Gasteiger partial charge in [0.15, 0.2) is 0 Å². The molecule has 1 aromatic carbocycles. The van der Waals surface area contributed by atoms with E-state index in [0.717, 1.165) is 24.8 Å². The van der Waals surface area contributed by atoms with Crippen molar-refractivity contribution in [2.75, 3.05) is 17.4 Å². The molecule has 0 aliphatic carbocycles. The van der Waals surface area contributed by atoms with Crippen molar-refractivity contribution in [2.45, 2.75) is 70.7 Å². The number of aryl methyl sites for hydroxylation is 2. The Bertz CT molecular complexity index is 1040. The minimum Gasteiger partial charge on any atom is -0.338 e. The van der Waals surface area contributed by atoms with Crippen LogP contribution in [0.15, 0.2) is 29.2 Å². The van der Waals surface area contributed by atoms with Crippen molar-refractivity contribution >= 4 is 21.6 Å². The van der Waals surface area contributed by atoms with Gasteiger partial charge in [0.25, 0.3) is 10.0 Å². The second-order valence-electron chi connectivity index (χ2n) is 8.81. The Kier molecular flexibility index (Phi) is 6.79. The van der Waals surface area contributed by atoms with Gasteiger partial charge in [0.05, 0.1) is 17.1 Å². The molecule has 1 fully saturated rings. The van der Waals surface area contributed by atoms with E-state index < -0.39 is 10.0 Å². The van der Waals surface area contributed by atoms with Gasteiger partial charge in [-0.3, -0.25) is 13.8 Å². The van der Waals surface area contributed by atoms with Crippen LogP contribution in [0.25, 0.3) is 0 Å². The molecular formula is C23H34N4O3S. The molecule has 8 heteroatoms. The van der Waals surface area contributed by atoms with Crippen molar-refractivity contribution in [3.8, 4) is 0 Å². The fourth-order valence-electron chi connectivity index (χ4n) is 4.26. The number of benzene rings is 1. The van der Waals surface area contributed by atoms with Crippen molar-refractivity contribution in [1.82, 2.24) is 14.7 Å². The molecular weight excluding hydrogens is 412 g/mol. The fourth-order valence-corrected chi connectivity index (χ4v) is 6.08. The summed E-state index contributed by atoms with van der Waals surface area (Å²) in [4.78, 5) is 15.2. The standard InChI is InChI=1S/C23H34N4O3S/c1-16(2)20-10-12-21(13-11-20)27(15-22(28)26-14-8-7-9-17(26)3)31(29,30)23-18(4)24-25(6)19(23)5/h10-13,16-17H,7-9,14-15H2,1-6H3. The average Bonchev–Trinajstić information content (AvgIpc) is 2.98. The minimum absolute atomic E-state index is 0.121. The number of sulfonamides is 1. The Labute approximate surface area is 186 Å². The first-order valence-electron chi connectivity index (χ1n) is 11.0. The van der Waals surface area contributed by atoms with E-state index in [1.165, 1.54) is 4.31 Å². The lowest BCUT2D eigenvalue weighted by atomic mass is 10.0. The fraction of sp³-hybridized carbons (Fsp3) is 0.565. The van der Waals surface area contributed by atoms with Crippen LogP contribution in [0.3, 0.4) is 0 Å². The van der Waals surface area contributed by atoms with E-state index in [1.54, 1.807) is 37.7 Å². The van der Waals surface area contributed by atoms with Gasteiger partial charge in [-0.25, -0.2) is 8.42 Å². The zero-order chi connectivity index (χ0) is 22.9. The van der Waals surface area contributed by atoms with E-state index in [-0.39, 0.29) is 23.4 Å². The molecule has 1 aliphatic heterocycles. The summed E-state index contributed by atoms with van der Waals surface area (Å²) in [6.07, 6.45) is 2.99. The third-order valence-corrected chi connectivity index (χ3v) is 8.27. The molecule has 3 rings (SSSR count). The zero-order valence-electron chi connectivity index (χ0n) is 19.4. The minimum atomic E-state index is -3.98. The third kappa shape index (κ3) is 4.63. The summed E-state index contributed by atoms with van der Waals surface area (Å²) in [7, 11) is -2.25. The van der Waals surface area contributed by atoms with Crippen LogP contribution in [0.1, 0.15) is 62.9 Å². The molecule has 0 spiro atoms. The summed E-state index contributed by atoms with van der Waals surface area (Å²) in [5.74, 6) is 0.167. The largest absolute Gasteiger partial charge is 0.338 e. The third-order valence-electron chi connectivity index (χ3n) is 6.24. The lowest BCUT2D eigenvalue weighted by Gasteiger charge is -2.35. The normalized spacial score (nSPS) is 17.3. The molecule has 1 aromatic heterocycles. The topological polar surface area (TPSA) is 75.5 Å². The summed E-state index contributed by atoms with van der Waals surface area (Å²) in [6.45, 7) is 10.1. The van der Waals surface area contributed by atoms with Crippen molar-refractivity contribution in [1.29, 1.82) is 0 Å². The molecule has 1 amide bonds. The highest BCUT2D eigenvalue weighted by atomic mass is 32.2. The van der Waals surface area contributed by atoms with E-state index in [9.17, 15) is 13.2 Å². The number of carbonyl (C=O) groups is 1. The van der Waals surface area contributed by atoms with Gasteiger partial charge in [0, 0.05) is 19.6 Å². The summed E-state index contributed by atoms with van der Waals surface area (Å²) in [5, 5.41) is 4.29. The van der Waals surface area contributed by atoms with Crippen molar-refractivity contribution in [2.24, 2.45) is 7.05 Å². The first-order chi connectivity index (χ1) is 14.5. The smallest absolute Gasteiger partial charge is 0.268 e. The molecule has 0 radical (unpaired) electrons. The predicted octanol–water partition coefficient (Wildman–Crippen LogP) is 3.76. The summed E-state index contributed by atoms with van der Waals surface area (Å²) >= 11 is 0. The Morgan fingerprint density at radius 2 is 1.84 bits per heavy atom. The van der Waals surface area contributed by atoms with E-state index in [0.29, 0.717) is 29.5 Å². The molecule has 0 saturated carbocycles. The molecule has 1 unspecified atom stereocenters. The maximum atomic E-state index is 13.8. The maximum Gasteiger partial charge on any atom is 0.268 e. The van der Waals surface area contributed by atoms with Crippen LogP contribution < -0.4 is 4.31 Å². The molecule has 1 saturated heterocycles. The van der Waals surface area contributed by atoms with Crippen LogP contribution in [0, 0.1) is 13.8 Å². The van der Waals surface area contributed by atoms with Crippen molar-refractivity contribution in [3.63, 3.8) is 0 Å². The van der Waals surface area contributed by atoms with Gasteiger partial charge in [-0.15, -0.1) is 0 Å². The molecule has 1 atom stereocenters. The first kappa shape index (κ1) is 23.3. The highest BCUT2D eigenvalue weighted by Crippen LogP contribution is 2.29. The second-order valence-corrected chi connectivity index (χ2v) is 10.6. The van der Waals surface area contributed by atoms with Crippen LogP contribution in [0.2, 0.25) is 0 Å². The van der Waals surface area contributed by atoms with Gasteiger partial charge in [-0.05, 0) is 63.6 Å². The lowest BCUT2D eigenvalue weighted by molar-refractivity contribution is -0.132. The van der Waals surface area contributed by atoms with Crippen LogP contribution in [-0.4, -0.2) is 48.1 Å². The zero-order valence-corrected chi connectivity index (χ0v) is 20.2. The van der Waals surface area contributed by atoms with Gasteiger partial charge in [-0.1, -0.05) is 26.0 Å². The number of anilines is 1. The van der Waals surface area contributed by atoms with Crippen LogP contribution >= 0.6 is 0 Å². The van der Waals surface area contributed by atoms with E-state index in [2.05, 4.69) is 18.9 Å². The Hall–Kier alpha value is -2.35. The van der Waals surface area contributed by atoms with Crippen molar-refractivity contribution in [3.05, 3.63) is 41.2 Å². The Balaban J connectivity index is 2.04. The van der Waals surface area contributed by atoms with E-state index in [4.69, 9.17) is 0 Å². The van der Waals surface area contributed by atoms with Crippen LogP contribution in [-0.2, 0) is 21.9 Å². The van der Waals surface area contributed by atoms with Crippen molar-refractivity contribution < 1.29 is 13.2 Å². The highest BCUT2D eigenvalue weighted by Gasteiger charge is 2.34. The number of hydrogen-bond acceptors (Lipinski definition) is 4. The number of amides is 1. The molecule has 2 aromatic rings. The Morgan fingerprint density at radius 3 is 2.35 bits per heavy atom. The summed E-state index contributed by atoms with van der Waals surface area (Å²) < 4.78 is 30.4. The first-order valence-corrected chi connectivity index (χ1v) is 12.4. The lowest BCUT2D eigenvalue weighted by Crippen LogP contribution is -2.48. The monoisotopic (exact) mass is 446 g/mol. The SMILES string of the molecule is Cc1nn(C)c(C)c1S(=O)(=O)N(CC(=O)N1CCCCC1C)c1ccc(C(C)C)cc1. The number of hydrogen-bond donors (Lipinski definition) is 0. The second kappa shape index (κ2) is 9.02. The molecule has 0 N–H and O–H groups in total. The number of piperidine rings is 1. The number of nitrogens with zero attached hydrogens (tertiary/aromatic N) is 4. The molecule has 2 heterocycles. The predicted molar refractivity (Wildman–Crippen MR) is 123 cm³/mol. The highest BCUT2D eigenvalue weighted by molar-refractivity contribution is 7.93. The number of rotatable bonds is 6. The van der Waals surface area contributed by atoms with Gasteiger partial charge in [-0.2, -0.15) is 5.10 Å². The van der Waals surface area contributed by atoms with E-state index >= 15 is 0 Å². The quantitative estimate of drug-likeness (QED) is 0.677. The van der Waals surface area contributed by atoms with Gasteiger partial charge < -0.3 is 4.90 Å². The summed E-state index contributed by atoms with van der Waals surface area (Å²) in [5.41, 5.74) is 2.60. The average molecular weight is 447 g/mol. The van der Waals surface area contributed by atoms with Crippen LogP contribution in [0.5, 0.6) is 0 Å². The number of carbonyl (C=O) groups excluding carboxylic acids is 1. The number of aromatic nitrogens is 2. The number of likely N-dealkylation sites (tertiary alicyclic amines) is 1. The molecule has 0 bridgehead atoms. The summed E-state index contributed by atoms with van der Waals surface area (Å²) in [6, 6.07) is 7.57. The van der Waals surface area contributed by atoms with E-state index in [1.807, 2.05) is 24.0 Å².